The van der Waals surface area contributed by atoms with Crippen molar-refractivity contribution in [1.82, 2.24) is 14.5 Å². The molecule has 0 aromatic carbocycles. The Balaban J connectivity index is 1.71. The second-order valence-corrected chi connectivity index (χ2v) is 4.01. The lowest BCUT2D eigenvalue weighted by Gasteiger charge is -2.44. The molecule has 72 valence electrons. The van der Waals surface area contributed by atoms with Crippen LogP contribution < -0.4 is 0 Å². The largest absolute Gasteiger partial charge is 0.388 e. The third-order valence-corrected chi connectivity index (χ3v) is 2.36. The van der Waals surface area contributed by atoms with E-state index in [1.54, 1.807) is 6.20 Å². The number of likely N-dealkylation sites (tertiary alicyclic amines) is 1. The van der Waals surface area contributed by atoms with Crippen LogP contribution in [0.3, 0.4) is 0 Å². The van der Waals surface area contributed by atoms with Crippen LogP contribution >= 0.6 is 0 Å². The molecule has 0 amide bonds. The van der Waals surface area contributed by atoms with E-state index in [1.807, 2.05) is 24.0 Å². The first-order chi connectivity index (χ1) is 6.16. The molecular formula is C9H15N3O. The van der Waals surface area contributed by atoms with Crippen LogP contribution in [0.2, 0.25) is 0 Å². The molecule has 0 saturated carbocycles. The summed E-state index contributed by atoms with van der Waals surface area (Å²) in [5.74, 6) is 0. The molecule has 0 radical (unpaired) electrons. The zero-order valence-electron chi connectivity index (χ0n) is 7.85. The maximum Gasteiger partial charge on any atom is 0.0946 e. The van der Waals surface area contributed by atoms with Crippen molar-refractivity contribution in [3.05, 3.63) is 18.7 Å². The molecule has 0 atom stereocenters. The Kier molecular flexibility index (Phi) is 2.09. The van der Waals surface area contributed by atoms with Gasteiger partial charge in [-0.2, -0.15) is 0 Å². The lowest BCUT2D eigenvalue weighted by molar-refractivity contribution is -0.0839. The van der Waals surface area contributed by atoms with Crippen LogP contribution in [0.15, 0.2) is 18.7 Å². The van der Waals surface area contributed by atoms with E-state index in [1.165, 1.54) is 0 Å². The number of β-amino-alcohol motifs (C(OH)–C–C–N with tert-alkyl or cyclic N) is 1. The summed E-state index contributed by atoms with van der Waals surface area (Å²) in [5.41, 5.74) is -0.449. The average molecular weight is 181 g/mol. The Labute approximate surface area is 77.8 Å². The van der Waals surface area contributed by atoms with E-state index in [2.05, 4.69) is 9.88 Å². The Morgan fingerprint density at radius 1 is 1.46 bits per heavy atom. The van der Waals surface area contributed by atoms with Gasteiger partial charge >= 0.3 is 0 Å². The number of aromatic nitrogens is 2. The van der Waals surface area contributed by atoms with Gasteiger partial charge < -0.3 is 9.67 Å². The fourth-order valence-electron chi connectivity index (χ4n) is 1.75. The molecule has 13 heavy (non-hydrogen) atoms. The van der Waals surface area contributed by atoms with E-state index in [-0.39, 0.29) is 0 Å². The second-order valence-electron chi connectivity index (χ2n) is 4.01. The standard InChI is InChI=1S/C9H15N3O/c1-9(13)6-12(7-9)5-4-11-3-2-10-8-11/h2-3,8,13H,4-7H2,1H3. The van der Waals surface area contributed by atoms with Gasteiger partial charge in [-0.15, -0.1) is 0 Å². The molecule has 1 aromatic heterocycles. The molecule has 2 rings (SSSR count). The molecule has 4 heteroatoms. The molecule has 1 aliphatic rings. The van der Waals surface area contributed by atoms with Gasteiger partial charge in [-0.1, -0.05) is 0 Å². The highest BCUT2D eigenvalue weighted by molar-refractivity contribution is 4.91. The van der Waals surface area contributed by atoms with Gasteiger partial charge in [0.1, 0.15) is 0 Å². The average Bonchev–Trinajstić information content (AvgIpc) is 2.48. The molecule has 2 heterocycles. The van der Waals surface area contributed by atoms with E-state index in [4.69, 9.17) is 0 Å². The van der Waals surface area contributed by atoms with E-state index >= 15 is 0 Å². The molecule has 0 unspecified atom stereocenters. The van der Waals surface area contributed by atoms with Gasteiger partial charge in [-0.05, 0) is 6.92 Å². The van der Waals surface area contributed by atoms with E-state index in [0.717, 1.165) is 26.2 Å². The number of hydrogen-bond donors (Lipinski definition) is 1. The highest BCUT2D eigenvalue weighted by Gasteiger charge is 2.35. The minimum absolute atomic E-state index is 0.449. The fourth-order valence-corrected chi connectivity index (χ4v) is 1.75. The first-order valence-corrected chi connectivity index (χ1v) is 4.56. The Bertz CT molecular complexity index is 260. The summed E-state index contributed by atoms with van der Waals surface area (Å²) in [4.78, 5) is 6.20. The normalized spacial score (nSPS) is 21.4. The predicted molar refractivity (Wildman–Crippen MR) is 49.3 cm³/mol. The van der Waals surface area contributed by atoms with E-state index < -0.39 is 5.60 Å². The number of imidazole rings is 1. The Morgan fingerprint density at radius 3 is 2.77 bits per heavy atom. The van der Waals surface area contributed by atoms with Gasteiger partial charge in [0, 0.05) is 38.6 Å². The fraction of sp³-hybridized carbons (Fsp3) is 0.667. The lowest BCUT2D eigenvalue weighted by atomic mass is 9.97. The van der Waals surface area contributed by atoms with Crippen LogP contribution in [0.4, 0.5) is 0 Å². The summed E-state index contributed by atoms with van der Waals surface area (Å²) in [6.07, 6.45) is 5.56. The van der Waals surface area contributed by atoms with Gasteiger partial charge in [-0.3, -0.25) is 4.90 Å². The molecule has 1 aromatic rings. The summed E-state index contributed by atoms with van der Waals surface area (Å²) in [6.45, 7) is 5.41. The van der Waals surface area contributed by atoms with Crippen molar-refractivity contribution >= 4 is 0 Å². The molecule has 1 saturated heterocycles. The third kappa shape index (κ3) is 2.08. The molecule has 0 spiro atoms. The number of nitrogens with zero attached hydrogens (tertiary/aromatic N) is 3. The molecule has 1 aliphatic heterocycles. The van der Waals surface area contributed by atoms with Crippen LogP contribution in [-0.2, 0) is 6.54 Å². The van der Waals surface area contributed by atoms with E-state index in [9.17, 15) is 5.11 Å². The monoisotopic (exact) mass is 181 g/mol. The summed E-state index contributed by atoms with van der Waals surface area (Å²) in [7, 11) is 0. The number of hydrogen-bond acceptors (Lipinski definition) is 3. The summed E-state index contributed by atoms with van der Waals surface area (Å²) in [6, 6.07) is 0. The van der Waals surface area contributed by atoms with Crippen molar-refractivity contribution < 1.29 is 5.11 Å². The van der Waals surface area contributed by atoms with Crippen LogP contribution in [-0.4, -0.2) is 44.8 Å². The summed E-state index contributed by atoms with van der Waals surface area (Å²) in [5, 5.41) is 9.48. The van der Waals surface area contributed by atoms with Crippen molar-refractivity contribution in [2.24, 2.45) is 0 Å². The van der Waals surface area contributed by atoms with Gasteiger partial charge in [0.2, 0.25) is 0 Å². The predicted octanol–water partition coefficient (Wildman–Crippen LogP) is -0.0503. The van der Waals surface area contributed by atoms with Gasteiger partial charge in [0.15, 0.2) is 0 Å². The zero-order chi connectivity index (χ0) is 9.31. The molecular weight excluding hydrogens is 166 g/mol. The van der Waals surface area contributed by atoms with Crippen LogP contribution in [0.5, 0.6) is 0 Å². The SMILES string of the molecule is CC1(O)CN(CCn2ccnc2)C1. The van der Waals surface area contributed by atoms with Gasteiger partial charge in [0.25, 0.3) is 0 Å². The smallest absolute Gasteiger partial charge is 0.0946 e. The van der Waals surface area contributed by atoms with Gasteiger partial charge in [-0.25, -0.2) is 4.98 Å². The molecule has 1 fully saturated rings. The van der Waals surface area contributed by atoms with Crippen molar-refractivity contribution in [2.75, 3.05) is 19.6 Å². The van der Waals surface area contributed by atoms with Crippen LogP contribution in [0, 0.1) is 0 Å². The quantitative estimate of drug-likeness (QED) is 0.711. The first kappa shape index (κ1) is 8.72. The number of rotatable bonds is 3. The van der Waals surface area contributed by atoms with Crippen LogP contribution in [0.1, 0.15) is 6.92 Å². The van der Waals surface area contributed by atoms with Gasteiger partial charge in [0.05, 0.1) is 11.9 Å². The highest BCUT2D eigenvalue weighted by Crippen LogP contribution is 2.18. The Hall–Kier alpha value is -0.870. The van der Waals surface area contributed by atoms with Crippen molar-refractivity contribution in [2.45, 2.75) is 19.1 Å². The minimum Gasteiger partial charge on any atom is -0.388 e. The maximum absolute atomic E-state index is 9.48. The van der Waals surface area contributed by atoms with Crippen molar-refractivity contribution in [3.63, 3.8) is 0 Å². The van der Waals surface area contributed by atoms with Crippen molar-refractivity contribution in [3.8, 4) is 0 Å². The van der Waals surface area contributed by atoms with Crippen molar-refractivity contribution in [1.29, 1.82) is 0 Å². The van der Waals surface area contributed by atoms with Crippen LogP contribution in [0.25, 0.3) is 0 Å². The minimum atomic E-state index is -0.449. The molecule has 0 aliphatic carbocycles. The summed E-state index contributed by atoms with van der Waals surface area (Å²) >= 11 is 0. The zero-order valence-corrected chi connectivity index (χ0v) is 7.85. The third-order valence-electron chi connectivity index (χ3n) is 2.36. The maximum atomic E-state index is 9.48. The second kappa shape index (κ2) is 3.12. The highest BCUT2D eigenvalue weighted by atomic mass is 16.3. The summed E-state index contributed by atoms with van der Waals surface area (Å²) < 4.78 is 2.05. The van der Waals surface area contributed by atoms with E-state index in [0.29, 0.717) is 0 Å². The topological polar surface area (TPSA) is 41.3 Å². The lowest BCUT2D eigenvalue weighted by Crippen LogP contribution is -2.60. The molecule has 1 N–H and O–H groups in total. The Morgan fingerprint density at radius 2 is 2.23 bits per heavy atom. The first-order valence-electron chi connectivity index (χ1n) is 4.56. The molecule has 4 nitrogen and oxygen atoms in total. The number of aliphatic hydroxyl groups is 1. The molecule has 0 bridgehead atoms.